The van der Waals surface area contributed by atoms with Crippen LogP contribution in [0.1, 0.15) is 93.9 Å². The third kappa shape index (κ3) is 15.6. The molecular weight excluding hydrogens is 822 g/mol. The molecule has 3 rings (SSSR count). The summed E-state index contributed by atoms with van der Waals surface area (Å²) in [6, 6.07) is 7.36. The average molecular weight is 885 g/mol. The van der Waals surface area contributed by atoms with E-state index in [4.69, 9.17) is 27.4 Å². The Morgan fingerprint density at radius 1 is 0.578 bits per heavy atom. The highest BCUT2D eigenvalue weighted by Gasteiger charge is 2.45. The van der Waals surface area contributed by atoms with Crippen LogP contribution in [0.15, 0.2) is 67.5 Å². The number of halogens is 3. The van der Waals surface area contributed by atoms with Crippen molar-refractivity contribution < 1.29 is 27.4 Å². The van der Waals surface area contributed by atoms with Crippen molar-refractivity contribution in [1.29, 1.82) is 21.0 Å². The maximum Gasteiger partial charge on any atom is 0.418 e. The molecule has 0 fully saturated rings. The largest absolute Gasteiger partial charge is 0.418 e. The van der Waals surface area contributed by atoms with E-state index < -0.39 is 22.7 Å². The van der Waals surface area contributed by atoms with E-state index in [1.165, 1.54) is 0 Å². The van der Waals surface area contributed by atoms with Crippen molar-refractivity contribution in [2.45, 2.75) is 100 Å². The van der Waals surface area contributed by atoms with E-state index in [2.05, 4.69) is 58.2 Å². The van der Waals surface area contributed by atoms with Crippen LogP contribution < -0.4 is 16.0 Å². The third-order valence-corrected chi connectivity index (χ3v) is 11.6. The first kappa shape index (κ1) is 52.8. The van der Waals surface area contributed by atoms with Crippen LogP contribution in [-0.4, -0.2) is 90.0 Å². The summed E-state index contributed by atoms with van der Waals surface area (Å²) >= 11 is 0. The van der Waals surface area contributed by atoms with Crippen molar-refractivity contribution in [3.05, 3.63) is 90.3 Å². The van der Waals surface area contributed by atoms with Gasteiger partial charge in [0.15, 0.2) is 0 Å². The first-order valence-electron chi connectivity index (χ1n) is 21.6. The van der Waals surface area contributed by atoms with Gasteiger partial charge in [-0.05, 0) is 96.5 Å². The van der Waals surface area contributed by atoms with Gasteiger partial charge in [-0.1, -0.05) is 41.5 Å². The van der Waals surface area contributed by atoms with Gasteiger partial charge in [0.2, 0.25) is 0 Å². The molecule has 0 bridgehead atoms. The molecule has 0 saturated carbocycles. The summed E-state index contributed by atoms with van der Waals surface area (Å²) in [5.41, 5.74) is 3.05. The molecule has 64 heavy (non-hydrogen) atoms. The number of hydrogen-bond acceptors (Lipinski definition) is 11. The average Bonchev–Trinajstić information content (AvgIpc) is 3.21. The Hall–Kier alpha value is -5.59. The Labute approximate surface area is 378 Å². The summed E-state index contributed by atoms with van der Waals surface area (Å²) < 4.78 is 60.9. The van der Waals surface area contributed by atoms with E-state index in [0.29, 0.717) is 78.6 Å². The zero-order valence-electron chi connectivity index (χ0n) is 38.7. The maximum absolute atomic E-state index is 14.3. The van der Waals surface area contributed by atoms with Gasteiger partial charge < -0.3 is 30.2 Å². The molecule has 0 spiro atoms. The summed E-state index contributed by atoms with van der Waals surface area (Å²) in [4.78, 5) is 9.04. The van der Waals surface area contributed by atoms with Crippen LogP contribution in [0.2, 0.25) is 0 Å². The highest BCUT2D eigenvalue weighted by Crippen LogP contribution is 2.48. The molecule has 13 nitrogen and oxygen atoms in total. The number of nitrogens with zero attached hydrogens (tertiary/aromatic N) is 7. The van der Waals surface area contributed by atoms with E-state index in [0.717, 1.165) is 46.5 Å². The molecule has 3 aliphatic rings. The van der Waals surface area contributed by atoms with Gasteiger partial charge in [0.05, 0.1) is 70.5 Å². The van der Waals surface area contributed by atoms with Gasteiger partial charge >= 0.3 is 6.18 Å². The fourth-order valence-corrected chi connectivity index (χ4v) is 8.46. The minimum Gasteiger partial charge on any atom is -0.386 e. The summed E-state index contributed by atoms with van der Waals surface area (Å²) in [5, 5.41) is 47.7. The molecular formula is C48H63F3N10O3. The second kappa shape index (κ2) is 23.9. The Bertz CT molecular complexity index is 2020. The summed E-state index contributed by atoms with van der Waals surface area (Å²) in [7, 11) is 0. The van der Waals surface area contributed by atoms with E-state index in [9.17, 15) is 34.2 Å². The van der Waals surface area contributed by atoms with E-state index in [1.807, 2.05) is 26.0 Å². The van der Waals surface area contributed by atoms with E-state index in [1.54, 1.807) is 26.0 Å². The van der Waals surface area contributed by atoms with Crippen molar-refractivity contribution in [2.24, 2.45) is 16.2 Å². The fraction of sp³-hybridized carbons (Fsp3) is 0.625. The SMILES string of the molecule is [C-]#[N+]/C(C#N)=C1/CC(C)(C)CC(NCCOCCN(CCOCCNC2=C(C)/C(=C(/C#N)[N+]#[C-])CC(C)(C)C2)CCOCCNC2=C(C(F)(F)F)C(=C(C#N)C#N)CC(C)(C)C2)=C1C. The van der Waals surface area contributed by atoms with Gasteiger partial charge in [0.1, 0.15) is 17.7 Å². The Kier molecular flexibility index (Phi) is 19.7. The van der Waals surface area contributed by atoms with Crippen LogP contribution in [0, 0.1) is 74.7 Å². The topological polar surface area (TPSA) is 171 Å². The Morgan fingerprint density at radius 3 is 1.25 bits per heavy atom. The highest BCUT2D eigenvalue weighted by atomic mass is 19.4. The van der Waals surface area contributed by atoms with Crippen molar-refractivity contribution in [2.75, 3.05) is 78.9 Å². The molecule has 0 radical (unpaired) electrons. The first-order valence-corrected chi connectivity index (χ1v) is 21.6. The van der Waals surface area contributed by atoms with Crippen LogP contribution in [0.3, 0.4) is 0 Å². The standard InChI is InChI=1S/C48H63F3N10O3/c1-33-36(42(31-54)56-9)23-45(3,4)26-39(33)58-11-17-62-20-14-61(15-21-63-18-12-59-40-27-46(5,6)24-37(34(40)2)43(32-55)57-10)16-22-64-19-13-60-41-28-47(7,8)25-38(35(29-52)30-53)44(41)48(49,50)51/h58-60H,11-28H2,1-8H3/b42-36-,43-37-. The number of nitriles is 4. The van der Waals surface area contributed by atoms with Gasteiger partial charge in [0, 0.05) is 56.4 Å². The lowest BCUT2D eigenvalue weighted by molar-refractivity contribution is -0.0923. The smallest absolute Gasteiger partial charge is 0.386 e. The molecule has 3 aliphatic carbocycles. The van der Waals surface area contributed by atoms with Crippen LogP contribution in [-0.2, 0) is 14.2 Å². The zero-order valence-corrected chi connectivity index (χ0v) is 38.7. The van der Waals surface area contributed by atoms with Gasteiger partial charge in [0.25, 0.3) is 11.4 Å². The highest BCUT2D eigenvalue weighted by molar-refractivity contribution is 5.54. The van der Waals surface area contributed by atoms with Gasteiger partial charge in [-0.15, -0.1) is 0 Å². The molecule has 0 aromatic heterocycles. The molecule has 0 saturated heterocycles. The molecule has 344 valence electrons. The zero-order chi connectivity index (χ0) is 47.7. The monoisotopic (exact) mass is 885 g/mol. The molecule has 0 amide bonds. The predicted octanol–water partition coefficient (Wildman–Crippen LogP) is 8.67. The van der Waals surface area contributed by atoms with E-state index in [-0.39, 0.29) is 59.5 Å². The van der Waals surface area contributed by atoms with Gasteiger partial charge in [-0.3, -0.25) is 4.90 Å². The molecule has 0 atom stereocenters. The number of nitrogens with one attached hydrogen (secondary N) is 3. The Morgan fingerprint density at radius 2 is 0.922 bits per heavy atom. The summed E-state index contributed by atoms with van der Waals surface area (Å²) in [6.07, 6.45) is -1.80. The lowest BCUT2D eigenvalue weighted by Gasteiger charge is -2.36. The number of allylic oxidation sites excluding steroid dienone is 12. The Balaban J connectivity index is 1.60. The number of rotatable bonds is 21. The lowest BCUT2D eigenvalue weighted by Crippen LogP contribution is -2.36. The lowest BCUT2D eigenvalue weighted by atomic mass is 9.72. The normalized spacial score (nSPS) is 19.7. The second-order valence-electron chi connectivity index (χ2n) is 18.7. The van der Waals surface area contributed by atoms with E-state index >= 15 is 0 Å². The molecule has 0 heterocycles. The minimum absolute atomic E-state index is 0.0397. The predicted molar refractivity (Wildman–Crippen MR) is 237 cm³/mol. The van der Waals surface area contributed by atoms with Crippen LogP contribution in [0.25, 0.3) is 9.69 Å². The molecule has 0 aliphatic heterocycles. The van der Waals surface area contributed by atoms with Crippen molar-refractivity contribution in [3.8, 4) is 24.3 Å². The minimum atomic E-state index is -4.75. The fourth-order valence-electron chi connectivity index (χ4n) is 8.46. The number of alkyl halides is 3. The van der Waals surface area contributed by atoms with Crippen molar-refractivity contribution in [3.63, 3.8) is 0 Å². The second-order valence-corrected chi connectivity index (χ2v) is 18.7. The molecule has 0 unspecified atom stereocenters. The van der Waals surface area contributed by atoms with Crippen LogP contribution >= 0.6 is 0 Å². The molecule has 16 heteroatoms. The van der Waals surface area contributed by atoms with Crippen LogP contribution in [0.4, 0.5) is 13.2 Å². The molecule has 3 N–H and O–H groups in total. The third-order valence-electron chi connectivity index (χ3n) is 11.6. The summed E-state index contributed by atoms with van der Waals surface area (Å²) in [6.45, 7) is 35.8. The number of ether oxygens (including phenoxy) is 3. The van der Waals surface area contributed by atoms with Crippen molar-refractivity contribution in [1.82, 2.24) is 20.9 Å². The van der Waals surface area contributed by atoms with Crippen LogP contribution in [0.5, 0.6) is 0 Å². The molecule has 0 aromatic carbocycles. The van der Waals surface area contributed by atoms with Gasteiger partial charge in [-0.2, -0.15) is 23.7 Å². The van der Waals surface area contributed by atoms with Gasteiger partial charge in [-0.25, -0.2) is 20.2 Å². The maximum atomic E-state index is 14.3. The van der Waals surface area contributed by atoms with Crippen molar-refractivity contribution >= 4 is 0 Å². The summed E-state index contributed by atoms with van der Waals surface area (Å²) in [5.74, 6) is 0. The quantitative estimate of drug-likeness (QED) is 0.0573. The first-order chi connectivity index (χ1) is 30.2. The number of hydrogen-bond donors (Lipinski definition) is 3. The molecule has 0 aromatic rings.